The molecule has 0 saturated carbocycles. The number of hydrogen-bond donors (Lipinski definition) is 0. The van der Waals surface area contributed by atoms with E-state index in [1.807, 2.05) is 17.5 Å². The fourth-order valence-corrected chi connectivity index (χ4v) is 4.67. The molecule has 2 aromatic heterocycles. The summed E-state index contributed by atoms with van der Waals surface area (Å²) in [5, 5.41) is 10.0. The Morgan fingerprint density at radius 1 is 1.06 bits per heavy atom. The van der Waals surface area contributed by atoms with Crippen LogP contribution < -0.4 is 14.2 Å². The molecule has 4 aromatic rings. The summed E-state index contributed by atoms with van der Waals surface area (Å²) < 4.78 is 27.2. The lowest BCUT2D eigenvalue weighted by atomic mass is 10.2. The van der Waals surface area contributed by atoms with Crippen molar-refractivity contribution in [3.8, 4) is 28.7 Å². The first kappa shape index (κ1) is 23.6. The van der Waals surface area contributed by atoms with Crippen molar-refractivity contribution in [2.24, 2.45) is 0 Å². The van der Waals surface area contributed by atoms with Crippen LogP contribution in [0.5, 0.6) is 17.2 Å². The van der Waals surface area contributed by atoms with Gasteiger partial charge in [-0.25, -0.2) is 9.78 Å². The molecule has 34 heavy (non-hydrogen) atoms. The van der Waals surface area contributed by atoms with Gasteiger partial charge in [0.1, 0.15) is 0 Å². The number of thioether (sulfide) groups is 1. The molecule has 0 unspecified atom stereocenters. The van der Waals surface area contributed by atoms with Gasteiger partial charge in [0.25, 0.3) is 5.89 Å². The quantitative estimate of drug-likeness (QED) is 0.222. The number of ether oxygens (including phenoxy) is 4. The molecule has 0 spiro atoms. The highest BCUT2D eigenvalue weighted by Crippen LogP contribution is 2.40. The summed E-state index contributed by atoms with van der Waals surface area (Å²) >= 11 is 3.06. The minimum absolute atomic E-state index is 0.157. The normalized spacial score (nSPS) is 10.7. The number of carbonyl (C=O) groups is 1. The van der Waals surface area contributed by atoms with Crippen molar-refractivity contribution in [2.45, 2.75) is 17.3 Å². The highest BCUT2D eigenvalue weighted by Gasteiger charge is 2.19. The van der Waals surface area contributed by atoms with Gasteiger partial charge in [0, 0.05) is 21.6 Å². The van der Waals surface area contributed by atoms with Crippen molar-refractivity contribution in [2.75, 3.05) is 21.3 Å². The van der Waals surface area contributed by atoms with Gasteiger partial charge in [-0.15, -0.1) is 33.3 Å². The highest BCUT2D eigenvalue weighted by molar-refractivity contribution is 7.98. The highest BCUT2D eigenvalue weighted by atomic mass is 32.2. The average molecular weight is 500 g/mol. The second-order valence-corrected chi connectivity index (χ2v) is 8.49. The molecule has 2 aromatic carbocycles. The molecule has 0 bridgehead atoms. The predicted octanol–water partition coefficient (Wildman–Crippen LogP) is 4.87. The molecule has 2 heterocycles. The molecule has 0 atom stereocenters. The Balaban J connectivity index is 1.44. The monoisotopic (exact) mass is 499 g/mol. The van der Waals surface area contributed by atoms with E-state index < -0.39 is 5.97 Å². The van der Waals surface area contributed by atoms with Crippen molar-refractivity contribution >= 4 is 29.1 Å². The largest absolute Gasteiger partial charge is 0.493 e. The number of thiazole rings is 1. The zero-order valence-corrected chi connectivity index (χ0v) is 20.3. The second kappa shape index (κ2) is 11.0. The molecule has 0 N–H and O–H groups in total. The summed E-state index contributed by atoms with van der Waals surface area (Å²) in [6.45, 7) is -0.165. The molecular weight excluding hydrogens is 478 g/mol. The molecule has 0 saturated heterocycles. The fourth-order valence-electron chi connectivity index (χ4n) is 3.06. The zero-order valence-electron chi connectivity index (χ0n) is 18.6. The van der Waals surface area contributed by atoms with E-state index >= 15 is 0 Å². The van der Waals surface area contributed by atoms with E-state index in [1.165, 1.54) is 44.4 Å². The first-order valence-corrected chi connectivity index (χ1v) is 11.9. The number of carbonyl (C=O) groups excluding carboxylic acids is 1. The van der Waals surface area contributed by atoms with E-state index in [4.69, 9.17) is 23.4 Å². The molecule has 9 nitrogen and oxygen atoms in total. The number of nitrogens with zero attached hydrogens (tertiary/aromatic N) is 3. The van der Waals surface area contributed by atoms with E-state index in [2.05, 4.69) is 15.2 Å². The first-order valence-electron chi connectivity index (χ1n) is 10.0. The molecular formula is C23H21N3O6S2. The van der Waals surface area contributed by atoms with Crippen LogP contribution in [-0.4, -0.2) is 42.5 Å². The van der Waals surface area contributed by atoms with Crippen LogP contribution in [0.25, 0.3) is 11.5 Å². The minimum atomic E-state index is -0.478. The molecule has 0 aliphatic heterocycles. The zero-order chi connectivity index (χ0) is 23.9. The molecule has 0 fully saturated rings. The van der Waals surface area contributed by atoms with Crippen LogP contribution in [0, 0.1) is 0 Å². The fraction of sp³-hybridized carbons (Fsp3) is 0.217. The summed E-state index contributed by atoms with van der Waals surface area (Å²) in [5.41, 5.74) is 3.78. The van der Waals surface area contributed by atoms with Gasteiger partial charge in [-0.3, -0.25) is 0 Å². The second-order valence-electron chi connectivity index (χ2n) is 6.76. The van der Waals surface area contributed by atoms with Crippen molar-refractivity contribution in [3.05, 3.63) is 64.4 Å². The number of esters is 1. The van der Waals surface area contributed by atoms with Gasteiger partial charge in [-0.1, -0.05) is 12.1 Å². The lowest BCUT2D eigenvalue weighted by molar-refractivity contribution is 0.0434. The Morgan fingerprint density at radius 3 is 2.50 bits per heavy atom. The van der Waals surface area contributed by atoms with Crippen LogP contribution in [0.15, 0.2) is 56.6 Å². The smallest absolute Gasteiger partial charge is 0.339 e. The van der Waals surface area contributed by atoms with E-state index in [0.29, 0.717) is 34.1 Å². The van der Waals surface area contributed by atoms with E-state index in [9.17, 15) is 4.79 Å². The summed E-state index contributed by atoms with van der Waals surface area (Å²) in [4.78, 5) is 17.8. The number of methoxy groups -OCH3 is 3. The van der Waals surface area contributed by atoms with Crippen LogP contribution in [0.3, 0.4) is 0 Å². The van der Waals surface area contributed by atoms with Crippen molar-refractivity contribution < 1.29 is 28.2 Å². The van der Waals surface area contributed by atoms with Gasteiger partial charge < -0.3 is 23.4 Å². The third-order valence-electron chi connectivity index (χ3n) is 4.67. The van der Waals surface area contributed by atoms with E-state index in [0.717, 1.165) is 10.6 Å². The predicted molar refractivity (Wildman–Crippen MR) is 127 cm³/mol. The Kier molecular flexibility index (Phi) is 7.65. The van der Waals surface area contributed by atoms with E-state index in [-0.39, 0.29) is 18.4 Å². The SMILES string of the molecule is COc1cc(-c2nnc(COC(=O)c3ccccc3SCc3cscn3)o2)cc(OC)c1OC. The van der Waals surface area contributed by atoms with Gasteiger partial charge in [0.2, 0.25) is 11.6 Å². The molecule has 0 aliphatic carbocycles. The molecule has 176 valence electrons. The van der Waals surface area contributed by atoms with Crippen molar-refractivity contribution in [3.63, 3.8) is 0 Å². The first-order chi connectivity index (χ1) is 16.6. The molecule has 11 heteroatoms. The summed E-state index contributed by atoms with van der Waals surface area (Å²) in [5.74, 6) is 1.93. The number of benzene rings is 2. The van der Waals surface area contributed by atoms with Gasteiger partial charge >= 0.3 is 5.97 Å². The van der Waals surface area contributed by atoms with Gasteiger partial charge in [0.15, 0.2) is 18.1 Å². The van der Waals surface area contributed by atoms with Crippen LogP contribution >= 0.6 is 23.1 Å². The summed E-state index contributed by atoms with van der Waals surface area (Å²) in [6.07, 6.45) is 0. The van der Waals surface area contributed by atoms with E-state index in [1.54, 1.807) is 29.8 Å². The summed E-state index contributed by atoms with van der Waals surface area (Å²) in [7, 11) is 4.56. The molecule has 4 rings (SSSR count). The Bertz CT molecular complexity index is 1230. The van der Waals surface area contributed by atoms with Gasteiger partial charge in [0.05, 0.1) is 38.1 Å². The lowest BCUT2D eigenvalue weighted by Crippen LogP contribution is -2.07. The average Bonchev–Trinajstić information content (AvgIpc) is 3.57. The van der Waals surface area contributed by atoms with Crippen molar-refractivity contribution in [1.82, 2.24) is 15.2 Å². The Morgan fingerprint density at radius 2 is 1.82 bits per heavy atom. The Hall–Kier alpha value is -3.57. The van der Waals surface area contributed by atoms with Gasteiger partial charge in [-0.2, -0.15) is 0 Å². The van der Waals surface area contributed by atoms with Crippen LogP contribution in [0.2, 0.25) is 0 Å². The molecule has 0 amide bonds. The topological polar surface area (TPSA) is 106 Å². The summed E-state index contributed by atoms with van der Waals surface area (Å²) in [6, 6.07) is 10.7. The van der Waals surface area contributed by atoms with Crippen LogP contribution in [0.1, 0.15) is 21.9 Å². The van der Waals surface area contributed by atoms with Crippen LogP contribution in [0.4, 0.5) is 0 Å². The lowest BCUT2D eigenvalue weighted by Gasteiger charge is -2.12. The number of rotatable bonds is 10. The molecule has 0 aliphatic rings. The maximum absolute atomic E-state index is 12.7. The maximum atomic E-state index is 12.7. The third kappa shape index (κ3) is 5.32. The standard InChI is InChI=1S/C23H21N3O6S2/c1-28-17-8-14(9-18(29-2)21(17)30-3)22-26-25-20(32-22)10-31-23(27)16-6-4-5-7-19(16)34-12-15-11-33-13-24-15/h4-9,11,13H,10,12H2,1-3H3. The minimum Gasteiger partial charge on any atom is -0.493 e. The van der Waals surface area contributed by atoms with Crippen LogP contribution in [-0.2, 0) is 17.1 Å². The van der Waals surface area contributed by atoms with Gasteiger partial charge in [-0.05, 0) is 24.3 Å². The number of aromatic nitrogens is 3. The number of hydrogen-bond acceptors (Lipinski definition) is 11. The maximum Gasteiger partial charge on any atom is 0.339 e. The molecule has 0 radical (unpaired) electrons. The Labute approximate surface area is 204 Å². The van der Waals surface area contributed by atoms with Crippen molar-refractivity contribution in [1.29, 1.82) is 0 Å². The third-order valence-corrected chi connectivity index (χ3v) is 6.41.